The highest BCUT2D eigenvalue weighted by Gasteiger charge is 2.22. The van der Waals surface area contributed by atoms with Crippen LogP contribution < -0.4 is 14.8 Å². The summed E-state index contributed by atoms with van der Waals surface area (Å²) in [6.07, 6.45) is 0. The van der Waals surface area contributed by atoms with Crippen LogP contribution in [0.4, 0.5) is 11.4 Å². The molecule has 4 aromatic rings. The number of ether oxygens (including phenoxy) is 1. The van der Waals surface area contributed by atoms with Gasteiger partial charge in [-0.1, -0.05) is 42.5 Å². The molecule has 5 rings (SSSR count). The minimum atomic E-state index is -3.83. The number of rotatable bonds is 3. The molecule has 0 bridgehead atoms. The van der Waals surface area contributed by atoms with Crippen molar-refractivity contribution in [1.82, 2.24) is 0 Å². The first-order chi connectivity index (χ1) is 14.5. The molecule has 7 heteroatoms. The van der Waals surface area contributed by atoms with E-state index in [0.29, 0.717) is 17.2 Å². The lowest BCUT2D eigenvalue weighted by molar-refractivity contribution is 0.102. The van der Waals surface area contributed by atoms with Crippen molar-refractivity contribution in [3.63, 3.8) is 0 Å². The normalized spacial score (nSPS) is 12.9. The molecular weight excluding hydrogens is 400 g/mol. The minimum Gasteiger partial charge on any atom is -0.454 e. The Morgan fingerprint density at radius 1 is 0.767 bits per heavy atom. The second kappa shape index (κ2) is 6.89. The Balaban J connectivity index is 1.48. The van der Waals surface area contributed by atoms with Crippen LogP contribution in [0.2, 0.25) is 0 Å². The number of hydrogen-bond donors (Lipinski definition) is 2. The first kappa shape index (κ1) is 18.2. The number of amides is 1. The maximum absolute atomic E-state index is 12.9. The van der Waals surface area contributed by atoms with E-state index in [1.54, 1.807) is 48.5 Å². The summed E-state index contributed by atoms with van der Waals surface area (Å²) >= 11 is 0. The SMILES string of the molecule is O=C1Nc2ccccc2Oc2ccc(NS(=O)(=O)c3ccc4ccccc4c3)cc21. The van der Waals surface area contributed by atoms with Crippen molar-refractivity contribution in [2.75, 3.05) is 10.0 Å². The van der Waals surface area contributed by atoms with Crippen molar-refractivity contribution < 1.29 is 17.9 Å². The molecule has 0 saturated heterocycles. The molecule has 0 aliphatic carbocycles. The van der Waals surface area contributed by atoms with Crippen LogP contribution in [0, 0.1) is 0 Å². The zero-order valence-electron chi connectivity index (χ0n) is 15.6. The molecule has 30 heavy (non-hydrogen) atoms. The molecule has 0 unspecified atom stereocenters. The van der Waals surface area contributed by atoms with Crippen LogP contribution in [0.15, 0.2) is 89.8 Å². The van der Waals surface area contributed by atoms with Gasteiger partial charge in [0.2, 0.25) is 0 Å². The maximum atomic E-state index is 12.9. The summed E-state index contributed by atoms with van der Waals surface area (Å²) in [5, 5.41) is 4.56. The Bertz CT molecular complexity index is 1410. The minimum absolute atomic E-state index is 0.143. The number of para-hydroxylation sites is 2. The second-order valence-electron chi connectivity index (χ2n) is 6.88. The van der Waals surface area contributed by atoms with Crippen LogP contribution in [-0.2, 0) is 10.0 Å². The van der Waals surface area contributed by atoms with Crippen molar-refractivity contribution in [2.45, 2.75) is 4.90 Å². The topological polar surface area (TPSA) is 84.5 Å². The fraction of sp³-hybridized carbons (Fsp3) is 0. The van der Waals surface area contributed by atoms with Gasteiger partial charge in [0.1, 0.15) is 5.75 Å². The van der Waals surface area contributed by atoms with E-state index in [-0.39, 0.29) is 22.1 Å². The van der Waals surface area contributed by atoms with Crippen molar-refractivity contribution in [3.05, 3.63) is 90.5 Å². The largest absolute Gasteiger partial charge is 0.454 e. The summed E-state index contributed by atoms with van der Waals surface area (Å²) in [5.41, 5.74) is 1.06. The van der Waals surface area contributed by atoms with Gasteiger partial charge in [0.15, 0.2) is 5.75 Å². The molecule has 6 nitrogen and oxygen atoms in total. The van der Waals surface area contributed by atoms with Crippen LogP contribution in [0.25, 0.3) is 10.8 Å². The molecule has 0 fully saturated rings. The van der Waals surface area contributed by atoms with E-state index in [9.17, 15) is 13.2 Å². The number of carbonyl (C=O) groups excluding carboxylic acids is 1. The van der Waals surface area contributed by atoms with Gasteiger partial charge in [-0.2, -0.15) is 0 Å². The molecule has 1 heterocycles. The summed E-state index contributed by atoms with van der Waals surface area (Å²) in [6, 6.07) is 24.2. The summed E-state index contributed by atoms with van der Waals surface area (Å²) in [7, 11) is -3.83. The first-order valence-corrected chi connectivity index (χ1v) is 10.7. The molecule has 1 aliphatic rings. The number of hydrogen-bond acceptors (Lipinski definition) is 4. The van der Waals surface area contributed by atoms with Gasteiger partial charge >= 0.3 is 0 Å². The number of sulfonamides is 1. The summed E-state index contributed by atoms with van der Waals surface area (Å²) < 4.78 is 34.2. The predicted octanol–water partition coefficient (Wildman–Crippen LogP) is 5.00. The van der Waals surface area contributed by atoms with Crippen LogP contribution >= 0.6 is 0 Å². The molecule has 1 aliphatic heterocycles. The van der Waals surface area contributed by atoms with E-state index in [0.717, 1.165) is 10.8 Å². The van der Waals surface area contributed by atoms with E-state index in [1.165, 1.54) is 6.07 Å². The molecule has 0 radical (unpaired) electrons. The Hall–Kier alpha value is -3.84. The van der Waals surface area contributed by atoms with Crippen molar-refractivity contribution >= 4 is 38.1 Å². The molecule has 0 spiro atoms. The molecule has 4 aromatic carbocycles. The first-order valence-electron chi connectivity index (χ1n) is 9.23. The summed E-state index contributed by atoms with van der Waals surface area (Å²) in [6.45, 7) is 0. The lowest BCUT2D eigenvalue weighted by Crippen LogP contribution is -2.14. The smallest absolute Gasteiger partial charge is 0.261 e. The standard InChI is InChI=1S/C23H16N2O4S/c26-23-19-14-17(10-12-21(19)29-22-8-4-3-7-20(22)24-23)25-30(27,28)18-11-9-15-5-1-2-6-16(15)13-18/h1-14,25H,(H,24,26). The highest BCUT2D eigenvalue weighted by molar-refractivity contribution is 7.92. The Morgan fingerprint density at radius 3 is 2.40 bits per heavy atom. The Kier molecular flexibility index (Phi) is 4.18. The van der Waals surface area contributed by atoms with Gasteiger partial charge in [-0.3, -0.25) is 9.52 Å². The zero-order valence-corrected chi connectivity index (χ0v) is 16.4. The lowest BCUT2D eigenvalue weighted by Gasteiger charge is -2.12. The third kappa shape index (κ3) is 3.25. The molecular formula is C23H16N2O4S. The van der Waals surface area contributed by atoms with E-state index in [2.05, 4.69) is 10.0 Å². The molecule has 0 atom stereocenters. The second-order valence-corrected chi connectivity index (χ2v) is 8.56. The fourth-order valence-electron chi connectivity index (χ4n) is 3.38. The van der Waals surface area contributed by atoms with Gasteiger partial charge < -0.3 is 10.1 Å². The number of nitrogens with one attached hydrogen (secondary N) is 2. The van der Waals surface area contributed by atoms with Gasteiger partial charge in [0.25, 0.3) is 15.9 Å². The van der Waals surface area contributed by atoms with Gasteiger partial charge in [0.05, 0.1) is 16.1 Å². The molecule has 148 valence electrons. The maximum Gasteiger partial charge on any atom is 0.261 e. The zero-order chi connectivity index (χ0) is 20.7. The van der Waals surface area contributed by atoms with Crippen LogP contribution in [0.3, 0.4) is 0 Å². The molecule has 2 N–H and O–H groups in total. The molecule has 0 aromatic heterocycles. The quantitative estimate of drug-likeness (QED) is 0.492. The van der Waals surface area contributed by atoms with Gasteiger partial charge in [-0.05, 0) is 53.2 Å². The average molecular weight is 416 g/mol. The predicted molar refractivity (Wildman–Crippen MR) is 116 cm³/mol. The van der Waals surface area contributed by atoms with Crippen molar-refractivity contribution in [3.8, 4) is 11.5 Å². The van der Waals surface area contributed by atoms with Gasteiger partial charge in [-0.15, -0.1) is 0 Å². The van der Waals surface area contributed by atoms with E-state index < -0.39 is 10.0 Å². The van der Waals surface area contributed by atoms with E-state index in [1.807, 2.05) is 30.3 Å². The Morgan fingerprint density at radius 2 is 1.53 bits per heavy atom. The highest BCUT2D eigenvalue weighted by Crippen LogP contribution is 2.36. The average Bonchev–Trinajstić information content (AvgIpc) is 2.89. The van der Waals surface area contributed by atoms with Crippen LogP contribution in [0.5, 0.6) is 11.5 Å². The number of fused-ring (bicyclic) bond motifs is 3. The van der Waals surface area contributed by atoms with E-state index in [4.69, 9.17) is 4.74 Å². The third-order valence-electron chi connectivity index (χ3n) is 4.86. The van der Waals surface area contributed by atoms with Crippen molar-refractivity contribution in [2.24, 2.45) is 0 Å². The molecule has 0 saturated carbocycles. The van der Waals surface area contributed by atoms with E-state index >= 15 is 0 Å². The van der Waals surface area contributed by atoms with Crippen LogP contribution in [-0.4, -0.2) is 14.3 Å². The van der Waals surface area contributed by atoms with Gasteiger partial charge in [-0.25, -0.2) is 8.42 Å². The number of carbonyl (C=O) groups is 1. The third-order valence-corrected chi connectivity index (χ3v) is 6.24. The van der Waals surface area contributed by atoms with Gasteiger partial charge in [0, 0.05) is 5.69 Å². The van der Waals surface area contributed by atoms with Crippen molar-refractivity contribution in [1.29, 1.82) is 0 Å². The monoisotopic (exact) mass is 416 g/mol. The lowest BCUT2D eigenvalue weighted by atomic mass is 10.1. The number of benzene rings is 4. The summed E-state index contributed by atoms with van der Waals surface area (Å²) in [4.78, 5) is 12.8. The highest BCUT2D eigenvalue weighted by atomic mass is 32.2. The summed E-state index contributed by atoms with van der Waals surface area (Å²) in [5.74, 6) is 0.502. The van der Waals surface area contributed by atoms with Crippen LogP contribution in [0.1, 0.15) is 10.4 Å². The number of anilines is 2. The fourth-order valence-corrected chi connectivity index (χ4v) is 4.46. The Labute approximate surface area is 173 Å². The molecule has 1 amide bonds.